The average Bonchev–Trinajstić information content (AvgIpc) is 2.62. The number of benzene rings is 2. The van der Waals surface area contributed by atoms with Gasteiger partial charge in [-0.05, 0) is 60.6 Å². The Bertz CT molecular complexity index is 902. The number of ether oxygens (including phenoxy) is 1. The van der Waals surface area contributed by atoms with Gasteiger partial charge in [-0.3, -0.25) is 4.79 Å². The highest BCUT2D eigenvalue weighted by Crippen LogP contribution is 2.36. The molecule has 0 saturated carbocycles. The lowest BCUT2D eigenvalue weighted by molar-refractivity contribution is -0.117. The summed E-state index contributed by atoms with van der Waals surface area (Å²) < 4.78 is 19.4. The molecule has 0 atom stereocenters. The van der Waals surface area contributed by atoms with Gasteiger partial charge in [0.15, 0.2) is 0 Å². The minimum Gasteiger partial charge on any atom is -0.492 e. The summed E-state index contributed by atoms with van der Waals surface area (Å²) in [4.78, 5) is 14.8. The molecule has 0 unspecified atom stereocenters. The largest absolute Gasteiger partial charge is 0.492 e. The Kier molecular flexibility index (Phi) is 6.15. The maximum atomic E-state index is 13.5. The molecule has 1 aliphatic rings. The maximum Gasteiger partial charge on any atom is 0.225 e. The van der Waals surface area contributed by atoms with Crippen LogP contribution in [-0.4, -0.2) is 19.1 Å². The van der Waals surface area contributed by atoms with Crippen molar-refractivity contribution in [3.05, 3.63) is 52.8 Å². The van der Waals surface area contributed by atoms with Crippen LogP contribution in [0.25, 0.3) is 0 Å². The van der Waals surface area contributed by atoms with Crippen LogP contribution >= 0.6 is 0 Å². The molecule has 0 bridgehead atoms. The summed E-state index contributed by atoms with van der Waals surface area (Å²) in [6.45, 7) is 12.1. The van der Waals surface area contributed by atoms with Crippen molar-refractivity contribution in [2.24, 2.45) is 5.41 Å². The van der Waals surface area contributed by atoms with Crippen LogP contribution in [0.15, 0.2) is 30.3 Å². The van der Waals surface area contributed by atoms with Crippen molar-refractivity contribution < 1.29 is 13.9 Å². The van der Waals surface area contributed by atoms with Crippen molar-refractivity contribution >= 4 is 17.3 Å². The average molecular weight is 399 g/mol. The third-order valence-corrected chi connectivity index (χ3v) is 5.08. The molecule has 0 aromatic heterocycles. The molecule has 0 saturated heterocycles. The number of halogens is 1. The van der Waals surface area contributed by atoms with Gasteiger partial charge in [-0.1, -0.05) is 26.8 Å². The lowest BCUT2D eigenvalue weighted by atomic mass is 9.92. The van der Waals surface area contributed by atoms with Crippen LogP contribution in [0.4, 0.5) is 15.8 Å². The molecule has 4 nitrogen and oxygen atoms in total. The zero-order valence-electron chi connectivity index (χ0n) is 18.1. The van der Waals surface area contributed by atoms with E-state index in [1.54, 1.807) is 6.07 Å². The Morgan fingerprint density at radius 2 is 1.97 bits per heavy atom. The minimum atomic E-state index is -0.179. The van der Waals surface area contributed by atoms with E-state index < -0.39 is 0 Å². The van der Waals surface area contributed by atoms with E-state index in [1.165, 1.54) is 6.07 Å². The second-order valence-electron chi connectivity index (χ2n) is 8.94. The molecule has 2 aromatic carbocycles. The van der Waals surface area contributed by atoms with Crippen molar-refractivity contribution in [3.8, 4) is 5.75 Å². The first kappa shape index (κ1) is 21.2. The first-order chi connectivity index (χ1) is 13.7. The summed E-state index contributed by atoms with van der Waals surface area (Å²) in [7, 11) is 0. The van der Waals surface area contributed by atoms with Crippen LogP contribution in [0, 0.1) is 18.2 Å². The monoisotopic (exact) mass is 398 g/mol. The normalized spacial score (nSPS) is 13.8. The van der Waals surface area contributed by atoms with Gasteiger partial charge in [0.2, 0.25) is 5.91 Å². The van der Waals surface area contributed by atoms with Crippen molar-refractivity contribution in [2.75, 3.05) is 23.4 Å². The predicted molar refractivity (Wildman–Crippen MR) is 116 cm³/mol. The van der Waals surface area contributed by atoms with Crippen LogP contribution in [-0.2, 0) is 17.8 Å². The highest BCUT2D eigenvalue weighted by molar-refractivity contribution is 5.94. The molecule has 0 radical (unpaired) electrons. The molecule has 1 N–H and O–H groups in total. The Morgan fingerprint density at radius 1 is 1.21 bits per heavy atom. The molecular weight excluding hydrogens is 367 g/mol. The van der Waals surface area contributed by atoms with Gasteiger partial charge in [0.1, 0.15) is 11.6 Å². The van der Waals surface area contributed by atoms with Crippen molar-refractivity contribution in [1.82, 2.24) is 0 Å². The Labute approximate surface area is 173 Å². The molecule has 1 heterocycles. The van der Waals surface area contributed by atoms with Crippen LogP contribution in [0.3, 0.4) is 0 Å². The Hall–Kier alpha value is -2.56. The number of hydrogen-bond donors (Lipinski definition) is 1. The fourth-order valence-corrected chi connectivity index (χ4v) is 3.76. The van der Waals surface area contributed by atoms with Gasteiger partial charge in [-0.25, -0.2) is 4.39 Å². The first-order valence-electron chi connectivity index (χ1n) is 10.3. The second-order valence-corrected chi connectivity index (χ2v) is 8.94. The van der Waals surface area contributed by atoms with Crippen molar-refractivity contribution in [1.29, 1.82) is 0 Å². The molecule has 0 aliphatic carbocycles. The first-order valence-corrected chi connectivity index (χ1v) is 10.3. The molecule has 1 amide bonds. The van der Waals surface area contributed by atoms with E-state index in [4.69, 9.17) is 4.74 Å². The topological polar surface area (TPSA) is 41.6 Å². The highest BCUT2D eigenvalue weighted by Gasteiger charge is 2.22. The summed E-state index contributed by atoms with van der Waals surface area (Å²) in [6.07, 6.45) is 1.25. The van der Waals surface area contributed by atoms with E-state index in [0.29, 0.717) is 18.8 Å². The molecule has 5 heteroatoms. The van der Waals surface area contributed by atoms with Gasteiger partial charge < -0.3 is 15.0 Å². The lowest BCUT2D eigenvalue weighted by Crippen LogP contribution is -2.30. The number of nitrogens with zero attached hydrogens (tertiary/aromatic N) is 1. The van der Waals surface area contributed by atoms with E-state index in [-0.39, 0.29) is 17.1 Å². The van der Waals surface area contributed by atoms with Crippen molar-refractivity contribution in [2.45, 2.75) is 54.0 Å². The Morgan fingerprint density at radius 3 is 2.66 bits per heavy atom. The molecule has 3 rings (SSSR count). The van der Waals surface area contributed by atoms with Crippen LogP contribution in [0.5, 0.6) is 5.75 Å². The number of nitrogens with one attached hydrogen (secondary N) is 1. The molecule has 156 valence electrons. The molecule has 29 heavy (non-hydrogen) atoms. The van der Waals surface area contributed by atoms with Gasteiger partial charge in [0.05, 0.1) is 12.3 Å². The Balaban J connectivity index is 1.86. The molecular formula is C24H31FN2O2. The van der Waals surface area contributed by atoms with E-state index >= 15 is 0 Å². The van der Waals surface area contributed by atoms with Gasteiger partial charge in [-0.15, -0.1) is 0 Å². The van der Waals surface area contributed by atoms with Crippen molar-refractivity contribution in [3.63, 3.8) is 0 Å². The van der Waals surface area contributed by atoms with E-state index in [2.05, 4.69) is 16.3 Å². The summed E-state index contributed by atoms with van der Waals surface area (Å²) in [6, 6.07) is 9.11. The fourth-order valence-electron chi connectivity index (χ4n) is 3.76. The summed E-state index contributed by atoms with van der Waals surface area (Å²) in [5, 5.41) is 3.05. The number of anilines is 2. The van der Waals surface area contributed by atoms with Gasteiger partial charge in [0.25, 0.3) is 0 Å². The maximum absolute atomic E-state index is 13.5. The number of hydrogen-bond acceptors (Lipinski definition) is 3. The highest BCUT2D eigenvalue weighted by atomic mass is 19.1. The third kappa shape index (κ3) is 5.28. The van der Waals surface area contributed by atoms with Gasteiger partial charge in [-0.2, -0.15) is 0 Å². The number of fused-ring (bicyclic) bond motifs is 1. The number of carbonyl (C=O) groups excluding carboxylic acids is 1. The zero-order chi connectivity index (χ0) is 21.2. The summed E-state index contributed by atoms with van der Waals surface area (Å²) in [5.74, 6) is 0.500. The summed E-state index contributed by atoms with van der Waals surface area (Å²) >= 11 is 0. The minimum absolute atomic E-state index is 0.0109. The number of carbonyl (C=O) groups is 1. The fraction of sp³-hybridized carbons (Fsp3) is 0.458. The number of amides is 1. The quantitative estimate of drug-likeness (QED) is 0.726. The van der Waals surface area contributed by atoms with E-state index in [0.717, 1.165) is 47.6 Å². The molecule has 0 spiro atoms. The third-order valence-electron chi connectivity index (χ3n) is 5.08. The van der Waals surface area contributed by atoms with Crippen LogP contribution < -0.4 is 15.0 Å². The molecule has 1 aliphatic heterocycles. The van der Waals surface area contributed by atoms with Crippen LogP contribution in [0.1, 0.15) is 50.8 Å². The smallest absolute Gasteiger partial charge is 0.225 e. The molecule has 2 aromatic rings. The number of rotatable bonds is 5. The lowest BCUT2D eigenvalue weighted by Gasteiger charge is -2.32. The summed E-state index contributed by atoms with van der Waals surface area (Å²) in [5.41, 5.74) is 4.91. The SMILES string of the molecule is CCOc1cc(N2CCc3cc(F)ccc3C2)cc(C)c1NC(=O)CC(C)(C)C. The number of aryl methyl sites for hydroxylation is 1. The standard InChI is InChI=1S/C24H31FN2O2/c1-6-29-21-13-20(11-16(2)23(21)26-22(28)14-24(3,4)5)27-10-9-17-12-19(25)8-7-18(17)15-27/h7-8,11-13H,6,9-10,14-15H2,1-5H3,(H,26,28). The van der Waals surface area contributed by atoms with Gasteiger partial charge in [0, 0.05) is 31.3 Å². The van der Waals surface area contributed by atoms with E-state index in [1.807, 2.05) is 46.8 Å². The van der Waals surface area contributed by atoms with Gasteiger partial charge >= 0.3 is 0 Å². The van der Waals surface area contributed by atoms with E-state index in [9.17, 15) is 9.18 Å². The molecule has 0 fully saturated rings. The predicted octanol–water partition coefficient (Wildman–Crippen LogP) is 5.47. The second kappa shape index (κ2) is 8.44. The van der Waals surface area contributed by atoms with Crippen LogP contribution in [0.2, 0.25) is 0 Å². The zero-order valence-corrected chi connectivity index (χ0v) is 18.1.